The summed E-state index contributed by atoms with van der Waals surface area (Å²) in [7, 11) is 0. The summed E-state index contributed by atoms with van der Waals surface area (Å²) in [5.74, 6) is 1.08. The molecule has 5 rings (SSSR count). The van der Waals surface area contributed by atoms with Gasteiger partial charge in [0.1, 0.15) is 22.1 Å². The van der Waals surface area contributed by atoms with Crippen molar-refractivity contribution in [2.75, 3.05) is 11.9 Å². The number of amides is 1. The van der Waals surface area contributed by atoms with E-state index in [9.17, 15) is 9.90 Å². The predicted molar refractivity (Wildman–Crippen MR) is 140 cm³/mol. The number of hydrogen-bond acceptors (Lipinski definition) is 8. The fraction of sp³-hybridized carbons (Fsp3) is 0.111. The highest BCUT2D eigenvalue weighted by Gasteiger charge is 2.17. The number of fused-ring (bicyclic) bond motifs is 1. The van der Waals surface area contributed by atoms with Gasteiger partial charge < -0.3 is 20.9 Å². The highest BCUT2D eigenvalue weighted by Crippen LogP contribution is 2.38. The number of aliphatic hydroxyl groups is 1. The molecular weight excluding hydrogens is 474 g/mol. The number of ether oxygens (including phenoxy) is 1. The van der Waals surface area contributed by atoms with E-state index in [2.05, 4.69) is 27.8 Å². The summed E-state index contributed by atoms with van der Waals surface area (Å²) in [6.07, 6.45) is 1.72. The third-order valence-electron chi connectivity index (χ3n) is 5.54. The number of hydrogen-bond donors (Lipinski definition) is 3. The molecule has 2 aromatic carbocycles. The fourth-order valence-corrected chi connectivity index (χ4v) is 4.80. The van der Waals surface area contributed by atoms with Crippen molar-refractivity contribution < 1.29 is 14.6 Å². The number of primary amides is 1. The Bertz CT molecular complexity index is 1510. The van der Waals surface area contributed by atoms with E-state index < -0.39 is 5.91 Å². The molecule has 3 heterocycles. The maximum Gasteiger partial charge on any atom is 0.255 e. The lowest BCUT2D eigenvalue weighted by molar-refractivity contribution is -0.119. The summed E-state index contributed by atoms with van der Waals surface area (Å²) in [4.78, 5) is 26.0. The SMILES string of the molecule is NC(=O)COc1ccc(CNc2nc(-c3ccccn3)nc3scc(-c4ccccc4)c23)cc1CO. The van der Waals surface area contributed by atoms with Crippen LogP contribution in [0.2, 0.25) is 0 Å². The second kappa shape index (κ2) is 10.5. The average Bonchev–Trinajstić information content (AvgIpc) is 3.36. The largest absolute Gasteiger partial charge is 0.483 e. The Labute approximate surface area is 211 Å². The molecule has 0 aliphatic rings. The zero-order valence-electron chi connectivity index (χ0n) is 19.2. The number of pyridine rings is 1. The second-order valence-corrected chi connectivity index (χ2v) is 8.87. The van der Waals surface area contributed by atoms with E-state index in [1.807, 2.05) is 48.5 Å². The highest BCUT2D eigenvalue weighted by molar-refractivity contribution is 7.17. The van der Waals surface area contributed by atoms with Gasteiger partial charge in [0.25, 0.3) is 5.91 Å². The lowest BCUT2D eigenvalue weighted by Crippen LogP contribution is -2.20. The van der Waals surface area contributed by atoms with Gasteiger partial charge in [-0.2, -0.15) is 0 Å². The number of benzene rings is 2. The lowest BCUT2D eigenvalue weighted by Gasteiger charge is -2.13. The average molecular weight is 498 g/mol. The smallest absolute Gasteiger partial charge is 0.255 e. The number of rotatable bonds is 9. The quantitative estimate of drug-likeness (QED) is 0.276. The van der Waals surface area contributed by atoms with Crippen LogP contribution in [0.1, 0.15) is 11.1 Å². The van der Waals surface area contributed by atoms with E-state index in [0.29, 0.717) is 35.2 Å². The van der Waals surface area contributed by atoms with Crippen molar-refractivity contribution in [2.45, 2.75) is 13.2 Å². The van der Waals surface area contributed by atoms with Crippen LogP contribution in [0.4, 0.5) is 5.82 Å². The van der Waals surface area contributed by atoms with Crippen LogP contribution in [0, 0.1) is 0 Å². The molecule has 0 saturated heterocycles. The Balaban J connectivity index is 1.51. The van der Waals surface area contributed by atoms with Crippen LogP contribution >= 0.6 is 11.3 Å². The van der Waals surface area contributed by atoms with Crippen molar-refractivity contribution in [3.8, 4) is 28.4 Å². The maximum atomic E-state index is 11.1. The molecule has 0 fully saturated rings. The lowest BCUT2D eigenvalue weighted by atomic mass is 10.1. The molecule has 36 heavy (non-hydrogen) atoms. The minimum absolute atomic E-state index is 0.230. The molecule has 0 saturated carbocycles. The Morgan fingerprint density at radius 2 is 1.89 bits per heavy atom. The van der Waals surface area contributed by atoms with Crippen molar-refractivity contribution in [1.29, 1.82) is 0 Å². The first-order valence-electron chi connectivity index (χ1n) is 11.3. The van der Waals surface area contributed by atoms with E-state index in [-0.39, 0.29) is 13.2 Å². The van der Waals surface area contributed by atoms with E-state index in [1.54, 1.807) is 23.6 Å². The van der Waals surface area contributed by atoms with Crippen molar-refractivity contribution in [1.82, 2.24) is 15.0 Å². The van der Waals surface area contributed by atoms with Gasteiger partial charge in [0.15, 0.2) is 12.4 Å². The monoisotopic (exact) mass is 497 g/mol. The molecule has 1 amide bonds. The van der Waals surface area contributed by atoms with Crippen molar-refractivity contribution in [3.05, 3.63) is 89.4 Å². The molecule has 0 atom stereocenters. The molecule has 0 unspecified atom stereocenters. The Morgan fingerprint density at radius 1 is 1.06 bits per heavy atom. The van der Waals surface area contributed by atoms with Gasteiger partial charge >= 0.3 is 0 Å². The number of aliphatic hydroxyl groups excluding tert-OH is 1. The van der Waals surface area contributed by atoms with Crippen LogP contribution in [0.5, 0.6) is 5.75 Å². The van der Waals surface area contributed by atoms with Crippen LogP contribution < -0.4 is 15.8 Å². The van der Waals surface area contributed by atoms with Crippen LogP contribution in [0.3, 0.4) is 0 Å². The topological polar surface area (TPSA) is 123 Å². The number of nitrogens with zero attached hydrogens (tertiary/aromatic N) is 3. The van der Waals surface area contributed by atoms with Gasteiger partial charge in [-0.1, -0.05) is 42.5 Å². The number of carbonyl (C=O) groups is 1. The van der Waals surface area contributed by atoms with E-state index in [0.717, 1.165) is 26.9 Å². The summed E-state index contributed by atoms with van der Waals surface area (Å²) in [6.45, 7) is -0.0343. The Hall–Kier alpha value is -4.34. The molecule has 3 aromatic heterocycles. The van der Waals surface area contributed by atoms with Gasteiger partial charge in [0, 0.05) is 29.2 Å². The Kier molecular flexibility index (Phi) is 6.83. The van der Waals surface area contributed by atoms with Gasteiger partial charge in [0.05, 0.1) is 12.0 Å². The standard InChI is InChI=1S/C27H23N5O3S/c28-23(34)15-35-22-10-9-17(12-19(22)14-33)13-30-26-24-20(18-6-2-1-3-7-18)16-36-27(24)32-25(31-26)21-8-4-5-11-29-21/h1-12,16,33H,13-15H2,(H2,28,34)(H,30,31,32). The van der Waals surface area contributed by atoms with Gasteiger partial charge in [-0.05, 0) is 35.4 Å². The van der Waals surface area contributed by atoms with Gasteiger partial charge in [-0.25, -0.2) is 9.97 Å². The van der Waals surface area contributed by atoms with Crippen molar-refractivity contribution in [3.63, 3.8) is 0 Å². The van der Waals surface area contributed by atoms with Crippen LogP contribution in [-0.2, 0) is 17.9 Å². The fourth-order valence-electron chi connectivity index (χ4n) is 3.85. The minimum atomic E-state index is -0.578. The molecule has 0 aliphatic heterocycles. The number of carbonyl (C=O) groups excluding carboxylic acids is 1. The van der Waals surface area contributed by atoms with Gasteiger partial charge in [-0.15, -0.1) is 11.3 Å². The molecule has 0 radical (unpaired) electrons. The molecule has 180 valence electrons. The molecule has 0 spiro atoms. The molecule has 8 nitrogen and oxygen atoms in total. The van der Waals surface area contributed by atoms with E-state index in [1.165, 1.54) is 0 Å². The summed E-state index contributed by atoms with van der Waals surface area (Å²) in [5.41, 5.74) is 9.47. The van der Waals surface area contributed by atoms with Crippen LogP contribution in [-0.4, -0.2) is 32.6 Å². The first-order chi connectivity index (χ1) is 17.6. The highest BCUT2D eigenvalue weighted by atomic mass is 32.1. The zero-order valence-corrected chi connectivity index (χ0v) is 20.0. The summed E-state index contributed by atoms with van der Waals surface area (Å²) in [5, 5.41) is 16.3. The number of anilines is 1. The molecule has 5 aromatic rings. The zero-order chi connectivity index (χ0) is 24.9. The number of nitrogens with one attached hydrogen (secondary N) is 1. The van der Waals surface area contributed by atoms with Crippen molar-refractivity contribution in [2.24, 2.45) is 5.73 Å². The molecule has 0 bridgehead atoms. The summed E-state index contributed by atoms with van der Waals surface area (Å²) in [6, 6.07) is 21.2. The third kappa shape index (κ3) is 5.02. The summed E-state index contributed by atoms with van der Waals surface area (Å²) < 4.78 is 5.40. The van der Waals surface area contributed by atoms with Crippen LogP contribution in [0.15, 0.2) is 78.3 Å². The van der Waals surface area contributed by atoms with E-state index in [4.69, 9.17) is 20.4 Å². The number of nitrogens with two attached hydrogens (primary N) is 1. The molecule has 4 N–H and O–H groups in total. The third-order valence-corrected chi connectivity index (χ3v) is 6.41. The Morgan fingerprint density at radius 3 is 2.64 bits per heavy atom. The van der Waals surface area contributed by atoms with E-state index >= 15 is 0 Å². The van der Waals surface area contributed by atoms with Gasteiger partial charge in [-0.3, -0.25) is 9.78 Å². The first-order valence-corrected chi connectivity index (χ1v) is 12.1. The predicted octanol–water partition coefficient (Wildman–Crippen LogP) is 4.39. The van der Waals surface area contributed by atoms with Gasteiger partial charge in [0.2, 0.25) is 0 Å². The number of aromatic nitrogens is 3. The maximum absolute atomic E-state index is 11.1. The first kappa shape index (κ1) is 23.4. The van der Waals surface area contributed by atoms with Crippen LogP contribution in [0.25, 0.3) is 32.9 Å². The molecule has 0 aliphatic carbocycles. The molecule has 9 heteroatoms. The molecular formula is C27H23N5O3S. The number of thiophene rings is 1. The minimum Gasteiger partial charge on any atom is -0.483 e. The van der Waals surface area contributed by atoms with Crippen molar-refractivity contribution >= 4 is 33.3 Å². The summed E-state index contributed by atoms with van der Waals surface area (Å²) >= 11 is 1.56. The normalized spacial score (nSPS) is 10.9. The second-order valence-electron chi connectivity index (χ2n) is 8.02.